The van der Waals surface area contributed by atoms with Crippen LogP contribution in [0.2, 0.25) is 0 Å². The van der Waals surface area contributed by atoms with Crippen molar-refractivity contribution in [3.05, 3.63) is 28.7 Å². The van der Waals surface area contributed by atoms with Crippen LogP contribution < -0.4 is 4.74 Å². The van der Waals surface area contributed by atoms with Gasteiger partial charge in [0, 0.05) is 12.6 Å². The van der Waals surface area contributed by atoms with E-state index in [1.54, 1.807) is 0 Å². The highest BCUT2D eigenvalue weighted by Crippen LogP contribution is 2.24. The maximum atomic E-state index is 10.1. The molecule has 0 radical (unpaired) electrons. The average molecular weight is 342 g/mol. The Morgan fingerprint density at radius 3 is 2.70 bits per heavy atom. The molecule has 0 spiro atoms. The minimum atomic E-state index is -0.450. The van der Waals surface area contributed by atoms with Crippen molar-refractivity contribution in [1.29, 1.82) is 0 Å². The zero-order valence-corrected chi connectivity index (χ0v) is 13.7. The second-order valence-corrected chi connectivity index (χ2v) is 6.48. The summed E-state index contributed by atoms with van der Waals surface area (Å²) in [6.45, 7) is 1.01. The average Bonchev–Trinajstić information content (AvgIpc) is 2.47. The Morgan fingerprint density at radius 2 is 2.00 bits per heavy atom. The van der Waals surface area contributed by atoms with Crippen LogP contribution in [-0.4, -0.2) is 42.4 Å². The molecule has 1 aromatic carbocycles. The number of aliphatic hydroxyl groups excluding tert-OH is 1. The molecular weight excluding hydrogens is 318 g/mol. The quantitative estimate of drug-likeness (QED) is 0.860. The first-order valence-corrected chi connectivity index (χ1v) is 8.21. The molecule has 1 aliphatic rings. The second kappa shape index (κ2) is 8.01. The molecule has 1 aromatic rings. The number of aliphatic hydroxyl groups is 1. The van der Waals surface area contributed by atoms with Crippen LogP contribution in [0.3, 0.4) is 0 Å². The van der Waals surface area contributed by atoms with E-state index in [1.165, 1.54) is 32.1 Å². The van der Waals surface area contributed by atoms with E-state index in [1.807, 2.05) is 24.3 Å². The molecule has 0 aromatic heterocycles. The van der Waals surface area contributed by atoms with Gasteiger partial charge in [-0.1, -0.05) is 31.4 Å². The summed E-state index contributed by atoms with van der Waals surface area (Å²) in [5, 5.41) is 10.1. The molecule has 1 N–H and O–H groups in total. The van der Waals surface area contributed by atoms with Crippen LogP contribution in [0.4, 0.5) is 0 Å². The number of likely N-dealkylation sites (N-methyl/N-ethyl adjacent to an activating group) is 1. The largest absolute Gasteiger partial charge is 0.490 e. The standard InChI is InChI=1S/C16H24BrNO2/c1-18(13-7-3-2-4-8-13)11-14(19)12-20-16-10-6-5-9-15(16)17/h5-6,9-10,13-14,19H,2-4,7-8,11-12H2,1H3. The first kappa shape index (κ1) is 15.8. The third-order valence-corrected chi connectivity index (χ3v) is 4.62. The molecule has 20 heavy (non-hydrogen) atoms. The van der Waals surface area contributed by atoms with Gasteiger partial charge in [-0.2, -0.15) is 0 Å². The molecule has 0 heterocycles. The Kier molecular flexibility index (Phi) is 6.33. The van der Waals surface area contributed by atoms with E-state index >= 15 is 0 Å². The molecule has 1 saturated carbocycles. The minimum Gasteiger partial charge on any atom is -0.490 e. The number of hydrogen-bond donors (Lipinski definition) is 1. The number of nitrogens with zero attached hydrogens (tertiary/aromatic N) is 1. The van der Waals surface area contributed by atoms with Gasteiger partial charge in [0.1, 0.15) is 18.5 Å². The molecule has 1 fully saturated rings. The molecule has 0 amide bonds. The second-order valence-electron chi connectivity index (χ2n) is 5.63. The monoisotopic (exact) mass is 341 g/mol. The van der Waals surface area contributed by atoms with Crippen molar-refractivity contribution in [2.24, 2.45) is 0 Å². The lowest BCUT2D eigenvalue weighted by Gasteiger charge is -2.32. The fourth-order valence-electron chi connectivity index (χ4n) is 2.80. The topological polar surface area (TPSA) is 32.7 Å². The molecule has 1 unspecified atom stereocenters. The Morgan fingerprint density at radius 1 is 1.30 bits per heavy atom. The van der Waals surface area contributed by atoms with Crippen molar-refractivity contribution in [3.63, 3.8) is 0 Å². The van der Waals surface area contributed by atoms with Crippen molar-refractivity contribution < 1.29 is 9.84 Å². The maximum Gasteiger partial charge on any atom is 0.133 e. The van der Waals surface area contributed by atoms with Gasteiger partial charge < -0.3 is 14.7 Å². The van der Waals surface area contributed by atoms with Crippen LogP contribution in [0.5, 0.6) is 5.75 Å². The van der Waals surface area contributed by atoms with Crippen molar-refractivity contribution in [2.75, 3.05) is 20.2 Å². The fraction of sp³-hybridized carbons (Fsp3) is 0.625. The molecular formula is C16H24BrNO2. The minimum absolute atomic E-state index is 0.333. The van der Waals surface area contributed by atoms with Gasteiger partial charge in [0.2, 0.25) is 0 Å². The molecule has 0 saturated heterocycles. The molecule has 0 bridgehead atoms. The molecule has 3 nitrogen and oxygen atoms in total. The Labute approximate surface area is 130 Å². The third-order valence-electron chi connectivity index (χ3n) is 3.96. The van der Waals surface area contributed by atoms with Crippen LogP contribution in [0.1, 0.15) is 32.1 Å². The smallest absolute Gasteiger partial charge is 0.133 e. The summed E-state index contributed by atoms with van der Waals surface area (Å²) in [4.78, 5) is 2.28. The van der Waals surface area contributed by atoms with Gasteiger partial charge in [-0.3, -0.25) is 0 Å². The van der Waals surface area contributed by atoms with E-state index in [9.17, 15) is 5.11 Å². The summed E-state index contributed by atoms with van der Waals surface area (Å²) >= 11 is 3.44. The van der Waals surface area contributed by atoms with E-state index in [-0.39, 0.29) is 0 Å². The van der Waals surface area contributed by atoms with Crippen LogP contribution in [-0.2, 0) is 0 Å². The summed E-state index contributed by atoms with van der Waals surface area (Å²) in [5.74, 6) is 0.784. The fourth-order valence-corrected chi connectivity index (χ4v) is 3.20. The van der Waals surface area contributed by atoms with Crippen LogP contribution in [0.15, 0.2) is 28.7 Å². The predicted octanol–water partition coefficient (Wildman–Crippen LogP) is 3.45. The molecule has 1 aliphatic carbocycles. The summed E-state index contributed by atoms with van der Waals surface area (Å²) in [6.07, 6.45) is 6.06. The van der Waals surface area contributed by atoms with Gasteiger partial charge in [-0.25, -0.2) is 0 Å². The third kappa shape index (κ3) is 4.76. The number of halogens is 1. The van der Waals surface area contributed by atoms with Gasteiger partial charge in [0.25, 0.3) is 0 Å². The highest BCUT2D eigenvalue weighted by molar-refractivity contribution is 9.10. The van der Waals surface area contributed by atoms with E-state index in [0.717, 1.165) is 10.2 Å². The van der Waals surface area contributed by atoms with Crippen molar-refractivity contribution >= 4 is 15.9 Å². The van der Waals surface area contributed by atoms with Crippen LogP contribution in [0.25, 0.3) is 0 Å². The lowest BCUT2D eigenvalue weighted by atomic mass is 9.94. The number of rotatable bonds is 6. The lowest BCUT2D eigenvalue weighted by Crippen LogP contribution is -2.40. The zero-order valence-electron chi connectivity index (χ0n) is 12.1. The van der Waals surface area contributed by atoms with Crippen LogP contribution in [0, 0.1) is 0 Å². The first-order valence-electron chi connectivity index (χ1n) is 7.42. The van der Waals surface area contributed by atoms with Crippen molar-refractivity contribution in [2.45, 2.75) is 44.2 Å². The highest BCUT2D eigenvalue weighted by atomic mass is 79.9. The van der Waals surface area contributed by atoms with Gasteiger partial charge in [0.15, 0.2) is 0 Å². The zero-order chi connectivity index (χ0) is 14.4. The lowest BCUT2D eigenvalue weighted by molar-refractivity contribution is 0.0559. The van der Waals surface area contributed by atoms with Gasteiger partial charge >= 0.3 is 0 Å². The predicted molar refractivity (Wildman–Crippen MR) is 85.1 cm³/mol. The van der Waals surface area contributed by atoms with Gasteiger partial charge in [-0.15, -0.1) is 0 Å². The van der Waals surface area contributed by atoms with Crippen molar-refractivity contribution in [1.82, 2.24) is 4.90 Å². The first-order chi connectivity index (χ1) is 9.66. The number of ether oxygens (including phenoxy) is 1. The van der Waals surface area contributed by atoms with E-state index in [2.05, 4.69) is 27.9 Å². The molecule has 0 aliphatic heterocycles. The van der Waals surface area contributed by atoms with E-state index < -0.39 is 6.10 Å². The maximum absolute atomic E-state index is 10.1. The number of benzene rings is 1. The van der Waals surface area contributed by atoms with E-state index in [0.29, 0.717) is 19.2 Å². The van der Waals surface area contributed by atoms with Gasteiger partial charge in [-0.05, 0) is 48.0 Å². The summed E-state index contributed by atoms with van der Waals surface area (Å²) in [7, 11) is 2.11. The Hall–Kier alpha value is -0.580. The van der Waals surface area contributed by atoms with Crippen molar-refractivity contribution in [3.8, 4) is 5.75 Å². The van der Waals surface area contributed by atoms with E-state index in [4.69, 9.17) is 4.74 Å². The summed E-state index contributed by atoms with van der Waals surface area (Å²) < 4.78 is 6.59. The SMILES string of the molecule is CN(CC(O)COc1ccccc1Br)C1CCCCC1. The summed E-state index contributed by atoms with van der Waals surface area (Å²) in [5.41, 5.74) is 0. The molecule has 2 rings (SSSR count). The number of hydrogen-bond acceptors (Lipinski definition) is 3. The van der Waals surface area contributed by atoms with Crippen LogP contribution >= 0.6 is 15.9 Å². The highest BCUT2D eigenvalue weighted by Gasteiger charge is 2.20. The van der Waals surface area contributed by atoms with Gasteiger partial charge in [0.05, 0.1) is 4.47 Å². The molecule has 112 valence electrons. The molecule has 1 atom stereocenters. The Bertz CT molecular complexity index is 407. The summed E-state index contributed by atoms with van der Waals surface area (Å²) in [6, 6.07) is 8.35. The normalized spacial score (nSPS) is 18.2. The Balaban J connectivity index is 1.74. The molecule has 4 heteroatoms. The number of para-hydroxylation sites is 1.